The summed E-state index contributed by atoms with van der Waals surface area (Å²) in [6.45, 7) is 3.63. The molecule has 1 N–H and O–H groups in total. The number of nitrogens with one attached hydrogen (secondary N) is 1. The third kappa shape index (κ3) is 4.72. The molecule has 2 heterocycles. The van der Waals surface area contributed by atoms with Crippen LogP contribution in [0.1, 0.15) is 27.6 Å². The smallest absolute Gasteiger partial charge is 0.260 e. The number of hydrogen-bond donors (Lipinski definition) is 1. The summed E-state index contributed by atoms with van der Waals surface area (Å²) in [6.07, 6.45) is 1.20. The maximum atomic E-state index is 15.0. The van der Waals surface area contributed by atoms with Crippen molar-refractivity contribution in [3.63, 3.8) is 0 Å². The van der Waals surface area contributed by atoms with Crippen LogP contribution < -0.4 is 20.8 Å². The number of thiocarbonyl (C=S) groups is 1. The van der Waals surface area contributed by atoms with Gasteiger partial charge in [0.1, 0.15) is 11.6 Å². The highest BCUT2D eigenvalue weighted by Gasteiger charge is 2.24. The van der Waals surface area contributed by atoms with Gasteiger partial charge in [0, 0.05) is 44.3 Å². The average Bonchev–Trinajstić information content (AvgIpc) is 2.84. The number of carbonyl (C=O) groups is 2. The quantitative estimate of drug-likeness (QED) is 0.544. The first kappa shape index (κ1) is 24.3. The first-order chi connectivity index (χ1) is 16.7. The number of aromatic nitrogens is 1. The lowest BCUT2D eigenvalue weighted by Crippen LogP contribution is -2.53. The van der Waals surface area contributed by atoms with Crippen molar-refractivity contribution in [3.8, 4) is 0 Å². The Balaban J connectivity index is 1.51. The molecule has 1 saturated heterocycles. The maximum absolute atomic E-state index is 15.0. The molecule has 0 saturated carbocycles. The number of nitrogens with zero attached hydrogens (tertiary/aromatic N) is 3. The van der Waals surface area contributed by atoms with E-state index >= 15 is 4.39 Å². The van der Waals surface area contributed by atoms with Crippen molar-refractivity contribution in [2.24, 2.45) is 0 Å². The van der Waals surface area contributed by atoms with E-state index < -0.39 is 34.5 Å². The van der Waals surface area contributed by atoms with Crippen molar-refractivity contribution in [2.75, 3.05) is 31.1 Å². The number of carbonyl (C=O) groups excluding carboxylic acids is 2. The number of rotatable bonds is 4. The first-order valence-corrected chi connectivity index (χ1v) is 11.3. The predicted octanol–water partition coefficient (Wildman–Crippen LogP) is 1.50. The average molecular weight is 500 g/mol. The zero-order chi connectivity index (χ0) is 25.3. The van der Waals surface area contributed by atoms with E-state index in [1.165, 1.54) is 30.5 Å². The number of benzene rings is 2. The second kappa shape index (κ2) is 9.79. The molecule has 0 atom stereocenters. The molecule has 0 radical (unpaired) electrons. The number of amides is 1. The molecule has 0 bridgehead atoms. The molecule has 35 heavy (non-hydrogen) atoms. The van der Waals surface area contributed by atoms with E-state index in [1.807, 2.05) is 0 Å². The molecule has 182 valence electrons. The highest BCUT2D eigenvalue weighted by atomic mass is 32.1. The molecule has 2 aromatic carbocycles. The second-order valence-corrected chi connectivity index (χ2v) is 8.37. The van der Waals surface area contributed by atoms with Crippen LogP contribution in [0.2, 0.25) is 0 Å². The molecular weight excluding hydrogens is 478 g/mol. The van der Waals surface area contributed by atoms with Crippen molar-refractivity contribution < 1.29 is 23.5 Å². The lowest BCUT2D eigenvalue weighted by molar-refractivity contribution is -0.255. The first-order valence-electron chi connectivity index (χ1n) is 10.9. The lowest BCUT2D eigenvalue weighted by atomic mass is 10.1. The van der Waals surface area contributed by atoms with Gasteiger partial charge in [-0.3, -0.25) is 14.9 Å². The van der Waals surface area contributed by atoms with Crippen LogP contribution >= 0.6 is 12.2 Å². The van der Waals surface area contributed by atoms with Gasteiger partial charge < -0.3 is 24.3 Å². The van der Waals surface area contributed by atoms with Gasteiger partial charge >= 0.3 is 0 Å². The zero-order valence-corrected chi connectivity index (χ0v) is 19.5. The second-order valence-electron chi connectivity index (χ2n) is 7.98. The summed E-state index contributed by atoms with van der Waals surface area (Å²) in [6, 6.07) is 8.17. The van der Waals surface area contributed by atoms with Crippen LogP contribution in [-0.4, -0.2) is 52.6 Å². The molecule has 11 heteroatoms. The molecule has 4 rings (SSSR count). The Kier molecular flexibility index (Phi) is 6.79. The summed E-state index contributed by atoms with van der Waals surface area (Å²) in [5, 5.41) is 13.9. The minimum absolute atomic E-state index is 0.0366. The van der Waals surface area contributed by atoms with Crippen LogP contribution in [0.25, 0.3) is 10.9 Å². The minimum Gasteiger partial charge on any atom is -0.545 e. The van der Waals surface area contributed by atoms with E-state index in [-0.39, 0.29) is 21.7 Å². The standard InChI is InChI=1S/C24H22F2N4O4S/c1-2-28-13-16(23(33)34)21(31)15-11-18(26)20(12-19(15)28)29-7-9-30(10-8-29)24(35)27-22(32)14-5-3-4-6-17(14)25/h3-6,11-13H,2,7-10H2,1H3,(H,33,34)(H,27,32,35)/p-1. The van der Waals surface area contributed by atoms with Gasteiger partial charge in [0.15, 0.2) is 10.5 Å². The summed E-state index contributed by atoms with van der Waals surface area (Å²) in [7, 11) is 0. The number of aryl methyl sites for hydroxylation is 1. The Labute approximate surface area is 204 Å². The third-order valence-electron chi connectivity index (χ3n) is 5.96. The summed E-state index contributed by atoms with van der Waals surface area (Å²) in [4.78, 5) is 39.7. The van der Waals surface area contributed by atoms with Crippen LogP contribution in [0.5, 0.6) is 0 Å². The molecular formula is C24H21F2N4O4S-. The summed E-state index contributed by atoms with van der Waals surface area (Å²) < 4.78 is 30.4. The Morgan fingerprint density at radius 2 is 1.74 bits per heavy atom. The van der Waals surface area contributed by atoms with E-state index in [9.17, 15) is 23.9 Å². The van der Waals surface area contributed by atoms with E-state index in [1.54, 1.807) is 27.4 Å². The molecule has 0 unspecified atom stereocenters. The molecule has 1 fully saturated rings. The van der Waals surface area contributed by atoms with Crippen LogP contribution in [0.4, 0.5) is 14.5 Å². The van der Waals surface area contributed by atoms with Crippen molar-refractivity contribution in [3.05, 3.63) is 75.6 Å². The van der Waals surface area contributed by atoms with Crippen molar-refractivity contribution in [1.82, 2.24) is 14.8 Å². The SMILES string of the molecule is CCn1cc(C(=O)[O-])c(=O)c2cc(F)c(N3CCN(C(=S)NC(=O)c4ccccc4F)CC3)cc21. The van der Waals surface area contributed by atoms with Gasteiger partial charge in [-0.15, -0.1) is 0 Å². The van der Waals surface area contributed by atoms with Gasteiger partial charge in [0.2, 0.25) is 0 Å². The highest BCUT2D eigenvalue weighted by molar-refractivity contribution is 7.80. The van der Waals surface area contributed by atoms with Crippen LogP contribution in [0, 0.1) is 11.6 Å². The van der Waals surface area contributed by atoms with Crippen LogP contribution in [0.15, 0.2) is 47.4 Å². The van der Waals surface area contributed by atoms with E-state index in [2.05, 4.69) is 5.32 Å². The highest BCUT2D eigenvalue weighted by Crippen LogP contribution is 2.26. The topological polar surface area (TPSA) is 97.7 Å². The number of halogens is 2. The van der Waals surface area contributed by atoms with E-state index in [0.29, 0.717) is 38.2 Å². The number of carboxylic acids is 1. The number of pyridine rings is 1. The van der Waals surface area contributed by atoms with Crippen molar-refractivity contribution in [1.29, 1.82) is 0 Å². The van der Waals surface area contributed by atoms with E-state index in [0.717, 1.165) is 6.07 Å². The summed E-state index contributed by atoms with van der Waals surface area (Å²) >= 11 is 5.31. The Hall–Kier alpha value is -3.86. The molecule has 1 aliphatic rings. The fourth-order valence-corrected chi connectivity index (χ4v) is 4.36. The minimum atomic E-state index is -1.61. The molecule has 0 aliphatic carbocycles. The number of carboxylic acid groups (broad SMARTS) is 1. The van der Waals surface area contributed by atoms with Crippen LogP contribution in [0.3, 0.4) is 0 Å². The van der Waals surface area contributed by atoms with Gasteiger partial charge in [-0.25, -0.2) is 8.78 Å². The largest absolute Gasteiger partial charge is 0.545 e. The number of fused-ring (bicyclic) bond motifs is 1. The fourth-order valence-electron chi connectivity index (χ4n) is 4.09. The monoisotopic (exact) mass is 499 g/mol. The van der Waals surface area contributed by atoms with Crippen molar-refractivity contribution in [2.45, 2.75) is 13.5 Å². The molecule has 1 aliphatic heterocycles. The Bertz CT molecular complexity index is 1400. The number of anilines is 1. The molecule has 1 aromatic heterocycles. The van der Waals surface area contributed by atoms with Gasteiger partial charge in [0.05, 0.1) is 28.3 Å². The van der Waals surface area contributed by atoms with Crippen molar-refractivity contribution >= 4 is 45.8 Å². The number of piperazine rings is 1. The lowest BCUT2D eigenvalue weighted by Gasteiger charge is -2.37. The van der Waals surface area contributed by atoms with Gasteiger partial charge in [-0.2, -0.15) is 0 Å². The van der Waals surface area contributed by atoms with Gasteiger partial charge in [-0.05, 0) is 43.4 Å². The van der Waals surface area contributed by atoms with E-state index in [4.69, 9.17) is 12.2 Å². The van der Waals surface area contributed by atoms with Crippen LogP contribution in [-0.2, 0) is 6.54 Å². The Morgan fingerprint density at radius 1 is 1.06 bits per heavy atom. The molecule has 8 nitrogen and oxygen atoms in total. The number of aromatic carboxylic acids is 1. The Morgan fingerprint density at radius 3 is 2.37 bits per heavy atom. The molecule has 1 amide bonds. The third-order valence-corrected chi connectivity index (χ3v) is 6.32. The van der Waals surface area contributed by atoms with Gasteiger partial charge in [-0.1, -0.05) is 12.1 Å². The number of hydrogen-bond acceptors (Lipinski definition) is 6. The fraction of sp³-hybridized carbons (Fsp3) is 0.250. The zero-order valence-electron chi connectivity index (χ0n) is 18.7. The maximum Gasteiger partial charge on any atom is 0.260 e. The predicted molar refractivity (Wildman–Crippen MR) is 128 cm³/mol. The molecule has 3 aromatic rings. The summed E-state index contributed by atoms with van der Waals surface area (Å²) in [5.74, 6) is -3.57. The van der Waals surface area contributed by atoms with Gasteiger partial charge in [0.25, 0.3) is 5.91 Å². The molecule has 0 spiro atoms. The summed E-state index contributed by atoms with van der Waals surface area (Å²) in [5.41, 5.74) is -0.757. The normalized spacial score (nSPS) is 13.7.